The molecular weight excluding hydrogens is 260 g/mol. The molecule has 1 amide bonds. The summed E-state index contributed by atoms with van der Waals surface area (Å²) in [6.45, 7) is 2.33. The van der Waals surface area contributed by atoms with Crippen molar-refractivity contribution in [3.8, 4) is 0 Å². The van der Waals surface area contributed by atoms with Gasteiger partial charge in [0.1, 0.15) is 0 Å². The molecule has 1 aromatic rings. The van der Waals surface area contributed by atoms with Gasteiger partial charge in [0.2, 0.25) is 5.91 Å². The third-order valence-electron chi connectivity index (χ3n) is 5.72. The van der Waals surface area contributed by atoms with Crippen molar-refractivity contribution in [2.45, 2.75) is 38.1 Å². The lowest BCUT2D eigenvalue weighted by Crippen LogP contribution is -2.43. The molecule has 112 valence electrons. The van der Waals surface area contributed by atoms with Crippen LogP contribution in [0.15, 0.2) is 24.3 Å². The summed E-state index contributed by atoms with van der Waals surface area (Å²) in [5.74, 6) is 2.07. The van der Waals surface area contributed by atoms with Gasteiger partial charge in [-0.05, 0) is 68.2 Å². The van der Waals surface area contributed by atoms with Crippen LogP contribution in [0, 0.1) is 17.8 Å². The lowest BCUT2D eigenvalue weighted by atomic mass is 9.79. The van der Waals surface area contributed by atoms with E-state index < -0.39 is 0 Å². The fourth-order valence-corrected chi connectivity index (χ4v) is 4.49. The Morgan fingerprint density at radius 1 is 1.05 bits per heavy atom. The number of hydrogen-bond donors (Lipinski definition) is 2. The smallest absolute Gasteiger partial charge is 0.223 e. The van der Waals surface area contributed by atoms with Crippen LogP contribution in [0.3, 0.4) is 0 Å². The minimum absolute atomic E-state index is 0.154. The van der Waals surface area contributed by atoms with Crippen LogP contribution in [0.1, 0.15) is 30.4 Å². The Kier molecular flexibility index (Phi) is 3.46. The Balaban J connectivity index is 1.35. The normalized spacial score (nSPS) is 31.7. The van der Waals surface area contributed by atoms with E-state index in [1.165, 1.54) is 30.5 Å². The number of fused-ring (bicyclic) bond motifs is 2. The van der Waals surface area contributed by atoms with Crippen LogP contribution in [-0.4, -0.2) is 25.0 Å². The van der Waals surface area contributed by atoms with Crippen molar-refractivity contribution in [1.29, 1.82) is 0 Å². The lowest BCUT2D eigenvalue weighted by Gasteiger charge is -2.32. The molecule has 3 nitrogen and oxygen atoms in total. The molecule has 0 bridgehead atoms. The predicted octanol–water partition coefficient (Wildman–Crippen LogP) is 1.91. The van der Waals surface area contributed by atoms with Crippen molar-refractivity contribution in [2.75, 3.05) is 13.1 Å². The second-order valence-electron chi connectivity index (χ2n) is 7.07. The number of rotatable bonds is 2. The number of hydrogen-bond acceptors (Lipinski definition) is 2. The summed E-state index contributed by atoms with van der Waals surface area (Å²) in [7, 11) is 0. The zero-order chi connectivity index (χ0) is 14.2. The van der Waals surface area contributed by atoms with E-state index >= 15 is 0 Å². The SMILES string of the molecule is O=C(NC1CC[C@H]2CNC[C@H]2C1)C1Cc2ccccc2C1. The summed E-state index contributed by atoms with van der Waals surface area (Å²) in [6, 6.07) is 8.89. The Bertz CT molecular complexity index is 517. The van der Waals surface area contributed by atoms with Gasteiger partial charge in [0, 0.05) is 12.0 Å². The highest BCUT2D eigenvalue weighted by Crippen LogP contribution is 2.33. The summed E-state index contributed by atoms with van der Waals surface area (Å²) in [5, 5.41) is 6.83. The summed E-state index contributed by atoms with van der Waals surface area (Å²) in [4.78, 5) is 12.5. The van der Waals surface area contributed by atoms with Gasteiger partial charge >= 0.3 is 0 Å². The van der Waals surface area contributed by atoms with Crippen molar-refractivity contribution in [2.24, 2.45) is 17.8 Å². The van der Waals surface area contributed by atoms with Crippen molar-refractivity contribution in [3.05, 3.63) is 35.4 Å². The van der Waals surface area contributed by atoms with Crippen LogP contribution in [0.5, 0.6) is 0 Å². The van der Waals surface area contributed by atoms with Crippen LogP contribution >= 0.6 is 0 Å². The van der Waals surface area contributed by atoms with E-state index in [2.05, 4.69) is 34.9 Å². The number of carbonyl (C=O) groups excluding carboxylic acids is 1. The van der Waals surface area contributed by atoms with Crippen molar-refractivity contribution in [3.63, 3.8) is 0 Å². The zero-order valence-electron chi connectivity index (χ0n) is 12.5. The maximum atomic E-state index is 12.5. The molecule has 3 aliphatic rings. The quantitative estimate of drug-likeness (QED) is 0.871. The molecule has 1 saturated carbocycles. The lowest BCUT2D eigenvalue weighted by molar-refractivity contribution is -0.125. The first-order valence-corrected chi connectivity index (χ1v) is 8.37. The zero-order valence-corrected chi connectivity index (χ0v) is 12.5. The minimum Gasteiger partial charge on any atom is -0.353 e. The monoisotopic (exact) mass is 284 g/mol. The molecule has 1 aromatic carbocycles. The molecule has 1 aliphatic heterocycles. The summed E-state index contributed by atoms with van der Waals surface area (Å²) in [6.07, 6.45) is 5.44. The molecular formula is C18H24N2O. The van der Waals surface area contributed by atoms with E-state index in [0.29, 0.717) is 6.04 Å². The Hall–Kier alpha value is -1.35. The van der Waals surface area contributed by atoms with E-state index in [1.807, 2.05) is 0 Å². The Morgan fingerprint density at radius 3 is 2.52 bits per heavy atom. The topological polar surface area (TPSA) is 41.1 Å². The van der Waals surface area contributed by atoms with Crippen molar-refractivity contribution in [1.82, 2.24) is 10.6 Å². The molecule has 1 heterocycles. The largest absolute Gasteiger partial charge is 0.353 e. The van der Waals surface area contributed by atoms with Crippen LogP contribution in [-0.2, 0) is 17.6 Å². The summed E-state index contributed by atoms with van der Waals surface area (Å²) >= 11 is 0. The van der Waals surface area contributed by atoms with Crippen LogP contribution in [0.2, 0.25) is 0 Å². The molecule has 0 aromatic heterocycles. The Morgan fingerprint density at radius 2 is 1.76 bits per heavy atom. The van der Waals surface area contributed by atoms with Crippen molar-refractivity contribution < 1.29 is 4.79 Å². The highest BCUT2D eigenvalue weighted by molar-refractivity contribution is 5.80. The first-order chi connectivity index (χ1) is 10.3. The third kappa shape index (κ3) is 2.59. The van der Waals surface area contributed by atoms with Gasteiger partial charge in [-0.1, -0.05) is 24.3 Å². The third-order valence-corrected chi connectivity index (χ3v) is 5.72. The standard InChI is InChI=1S/C18H24N2O/c21-18(15-7-12-3-1-2-4-13(12)8-15)20-17-6-5-14-10-19-11-16(14)9-17/h1-4,14-17,19H,5-11H2,(H,20,21)/t14-,16+,17?/m0/s1. The highest BCUT2D eigenvalue weighted by Gasteiger charge is 2.35. The van der Waals surface area contributed by atoms with Gasteiger partial charge in [-0.2, -0.15) is 0 Å². The van der Waals surface area contributed by atoms with E-state index in [9.17, 15) is 4.79 Å². The molecule has 2 aliphatic carbocycles. The first kappa shape index (κ1) is 13.3. The fourth-order valence-electron chi connectivity index (χ4n) is 4.49. The van der Waals surface area contributed by atoms with E-state index in [-0.39, 0.29) is 11.8 Å². The van der Waals surface area contributed by atoms with Gasteiger partial charge in [-0.15, -0.1) is 0 Å². The maximum Gasteiger partial charge on any atom is 0.223 e. The second kappa shape index (κ2) is 5.45. The van der Waals surface area contributed by atoms with Crippen LogP contribution in [0.4, 0.5) is 0 Å². The number of nitrogens with one attached hydrogen (secondary N) is 2. The minimum atomic E-state index is 0.154. The van der Waals surface area contributed by atoms with Crippen LogP contribution in [0.25, 0.3) is 0 Å². The highest BCUT2D eigenvalue weighted by atomic mass is 16.1. The second-order valence-corrected chi connectivity index (χ2v) is 7.07. The van der Waals surface area contributed by atoms with E-state index in [1.54, 1.807) is 0 Å². The number of benzene rings is 1. The average Bonchev–Trinajstić information content (AvgIpc) is 3.13. The van der Waals surface area contributed by atoms with Gasteiger partial charge in [0.05, 0.1) is 0 Å². The molecule has 2 fully saturated rings. The van der Waals surface area contributed by atoms with Crippen LogP contribution < -0.4 is 10.6 Å². The van der Waals surface area contributed by atoms with Gasteiger partial charge in [0.15, 0.2) is 0 Å². The van der Waals surface area contributed by atoms with E-state index in [4.69, 9.17) is 0 Å². The summed E-state index contributed by atoms with van der Waals surface area (Å²) < 4.78 is 0. The van der Waals surface area contributed by atoms with Gasteiger partial charge < -0.3 is 10.6 Å². The average molecular weight is 284 g/mol. The molecule has 21 heavy (non-hydrogen) atoms. The number of carbonyl (C=O) groups is 1. The number of amides is 1. The molecule has 1 unspecified atom stereocenters. The molecule has 1 saturated heterocycles. The molecule has 2 N–H and O–H groups in total. The van der Waals surface area contributed by atoms with Gasteiger partial charge in [-0.25, -0.2) is 0 Å². The van der Waals surface area contributed by atoms with Gasteiger partial charge in [0.25, 0.3) is 0 Å². The molecule has 3 heteroatoms. The molecule has 0 spiro atoms. The van der Waals surface area contributed by atoms with E-state index in [0.717, 1.165) is 37.6 Å². The molecule has 3 atom stereocenters. The Labute approximate surface area is 126 Å². The summed E-state index contributed by atoms with van der Waals surface area (Å²) in [5.41, 5.74) is 2.72. The molecule has 0 radical (unpaired) electrons. The predicted molar refractivity (Wildman–Crippen MR) is 83.0 cm³/mol. The maximum absolute atomic E-state index is 12.5. The van der Waals surface area contributed by atoms with Gasteiger partial charge in [-0.3, -0.25) is 4.79 Å². The first-order valence-electron chi connectivity index (χ1n) is 8.37. The van der Waals surface area contributed by atoms with Crippen molar-refractivity contribution >= 4 is 5.91 Å². The molecule has 4 rings (SSSR count). The fraction of sp³-hybridized carbons (Fsp3) is 0.611.